The number of urea groups is 1. The number of rotatable bonds is 9. The molecule has 0 aromatic heterocycles. The van der Waals surface area contributed by atoms with Gasteiger partial charge >= 0.3 is 18.7 Å². The van der Waals surface area contributed by atoms with Crippen LogP contribution in [-0.2, 0) is 18.6 Å². The third-order valence-electron chi connectivity index (χ3n) is 2.21. The van der Waals surface area contributed by atoms with E-state index in [2.05, 4.69) is 10.4 Å². The van der Waals surface area contributed by atoms with Gasteiger partial charge in [-0.3, -0.25) is 9.65 Å². The topological polar surface area (TPSA) is 93.7 Å². The van der Waals surface area contributed by atoms with Crippen molar-refractivity contribution in [3.8, 4) is 0 Å². The molecule has 0 aliphatic heterocycles. The highest BCUT2D eigenvalue weighted by Crippen LogP contribution is 2.53. The van der Waals surface area contributed by atoms with Crippen LogP contribution in [0.15, 0.2) is 0 Å². The van der Waals surface area contributed by atoms with Crippen LogP contribution in [-0.4, -0.2) is 50.0 Å². The molecular formula is C10H21N2O5PS2. The summed E-state index contributed by atoms with van der Waals surface area (Å²) in [5.41, 5.74) is 0. The summed E-state index contributed by atoms with van der Waals surface area (Å²) in [4.78, 5) is 23.5. The lowest BCUT2D eigenvalue weighted by Gasteiger charge is -2.19. The first-order valence-corrected chi connectivity index (χ1v) is 10.7. The SMILES string of the molecule is CCOC(=O)C(CCSC)NC(=O)NP(=O)(OC)SC. The number of carbonyl (C=O) groups excluding carboxylic acids is 2. The lowest BCUT2D eigenvalue weighted by Crippen LogP contribution is -2.46. The van der Waals surface area contributed by atoms with Crippen molar-refractivity contribution >= 4 is 41.9 Å². The summed E-state index contributed by atoms with van der Waals surface area (Å²) in [6.45, 7) is -1.34. The van der Waals surface area contributed by atoms with Crippen molar-refractivity contribution in [3.63, 3.8) is 0 Å². The number of thioether (sulfide) groups is 1. The summed E-state index contributed by atoms with van der Waals surface area (Å²) >= 11 is 2.46. The van der Waals surface area contributed by atoms with Gasteiger partial charge in [-0.25, -0.2) is 9.59 Å². The fraction of sp³-hybridized carbons (Fsp3) is 0.800. The number of ether oxygens (including phenoxy) is 1. The first kappa shape index (κ1) is 19.6. The highest BCUT2D eigenvalue weighted by molar-refractivity contribution is 8.55. The molecule has 0 aliphatic rings. The van der Waals surface area contributed by atoms with Crippen LogP contribution < -0.4 is 10.4 Å². The lowest BCUT2D eigenvalue weighted by atomic mass is 10.2. The standard InChI is InChI=1S/C10H21N2O5PS2/c1-5-17-9(13)8(6-7-19-3)11-10(14)12-18(15,16-2)20-4/h8H,5-7H2,1-4H3,(H2,11,12,14,15). The van der Waals surface area contributed by atoms with Crippen LogP contribution in [0.5, 0.6) is 0 Å². The third kappa shape index (κ3) is 7.42. The van der Waals surface area contributed by atoms with Gasteiger partial charge in [-0.1, -0.05) is 11.4 Å². The molecule has 0 saturated heterocycles. The average molecular weight is 344 g/mol. The maximum absolute atomic E-state index is 11.9. The van der Waals surface area contributed by atoms with Gasteiger partial charge in [-0.15, -0.1) is 0 Å². The van der Waals surface area contributed by atoms with Gasteiger partial charge in [0, 0.05) is 7.11 Å². The summed E-state index contributed by atoms with van der Waals surface area (Å²) in [6.07, 6.45) is 3.89. The number of amides is 2. The van der Waals surface area contributed by atoms with E-state index in [-0.39, 0.29) is 6.61 Å². The van der Waals surface area contributed by atoms with Gasteiger partial charge in [-0.05, 0) is 31.6 Å². The Morgan fingerprint density at radius 3 is 2.45 bits per heavy atom. The van der Waals surface area contributed by atoms with Crippen LogP contribution >= 0.6 is 29.9 Å². The monoisotopic (exact) mass is 344 g/mol. The molecule has 0 aromatic rings. The molecule has 0 aliphatic carbocycles. The first-order valence-electron chi connectivity index (χ1n) is 5.88. The van der Waals surface area contributed by atoms with Crippen LogP contribution in [0.3, 0.4) is 0 Å². The van der Waals surface area contributed by atoms with Gasteiger partial charge in [0.05, 0.1) is 6.61 Å². The number of nitrogens with one attached hydrogen (secondary N) is 2. The predicted octanol–water partition coefficient (Wildman–Crippen LogP) is 2.09. The van der Waals surface area contributed by atoms with Crippen molar-refractivity contribution in [2.45, 2.75) is 19.4 Å². The molecule has 20 heavy (non-hydrogen) atoms. The molecule has 0 bridgehead atoms. The third-order valence-corrected chi connectivity index (χ3v) is 6.45. The summed E-state index contributed by atoms with van der Waals surface area (Å²) in [7, 11) is 1.24. The van der Waals surface area contributed by atoms with E-state index in [1.807, 2.05) is 6.26 Å². The van der Waals surface area contributed by atoms with Crippen molar-refractivity contribution < 1.29 is 23.4 Å². The number of esters is 1. The second-order valence-electron chi connectivity index (χ2n) is 3.53. The summed E-state index contributed by atoms with van der Waals surface area (Å²) < 4.78 is 21.5. The summed E-state index contributed by atoms with van der Waals surface area (Å²) in [5.74, 6) is 0.182. The minimum absolute atomic E-state index is 0.235. The average Bonchev–Trinajstić information content (AvgIpc) is 2.43. The maximum atomic E-state index is 11.9. The fourth-order valence-electron chi connectivity index (χ4n) is 1.21. The van der Waals surface area contributed by atoms with Gasteiger partial charge in [-0.2, -0.15) is 11.8 Å². The fourth-order valence-corrected chi connectivity index (χ4v) is 3.29. The Labute approximate surface area is 127 Å². The van der Waals surface area contributed by atoms with Crippen molar-refractivity contribution in [3.05, 3.63) is 0 Å². The summed E-state index contributed by atoms with van der Waals surface area (Å²) in [6, 6.07) is -1.49. The normalized spacial score (nSPS) is 15.0. The molecule has 0 spiro atoms. The molecule has 0 aromatic carbocycles. The van der Waals surface area contributed by atoms with E-state index in [9.17, 15) is 14.2 Å². The van der Waals surface area contributed by atoms with Crippen molar-refractivity contribution in [2.24, 2.45) is 0 Å². The van der Waals surface area contributed by atoms with E-state index in [1.165, 1.54) is 7.11 Å². The van der Waals surface area contributed by atoms with E-state index in [0.29, 0.717) is 12.2 Å². The van der Waals surface area contributed by atoms with Gasteiger partial charge in [0.25, 0.3) is 0 Å². The molecule has 7 nitrogen and oxygen atoms in total. The Kier molecular flexibility index (Phi) is 10.2. The van der Waals surface area contributed by atoms with E-state index < -0.39 is 24.8 Å². The zero-order valence-corrected chi connectivity index (χ0v) is 14.5. The molecule has 0 fully saturated rings. The van der Waals surface area contributed by atoms with Crippen molar-refractivity contribution in [1.29, 1.82) is 0 Å². The molecule has 10 heteroatoms. The predicted molar refractivity (Wildman–Crippen MR) is 83.2 cm³/mol. The molecule has 0 saturated carbocycles. The number of hydrogen-bond donors (Lipinski definition) is 2. The van der Waals surface area contributed by atoms with Crippen LogP contribution in [0.1, 0.15) is 13.3 Å². The maximum Gasteiger partial charge on any atom is 0.354 e. The quantitative estimate of drug-likeness (QED) is 0.488. The Balaban J connectivity index is 4.59. The Bertz CT molecular complexity index is 362. The number of hydrogen-bond acceptors (Lipinski definition) is 7. The van der Waals surface area contributed by atoms with Crippen LogP contribution in [0.4, 0.5) is 4.79 Å². The van der Waals surface area contributed by atoms with E-state index in [0.717, 1.165) is 11.4 Å². The van der Waals surface area contributed by atoms with E-state index >= 15 is 0 Å². The van der Waals surface area contributed by atoms with Crippen molar-refractivity contribution in [1.82, 2.24) is 10.4 Å². The molecule has 0 rings (SSSR count). The highest BCUT2D eigenvalue weighted by Gasteiger charge is 2.27. The lowest BCUT2D eigenvalue weighted by molar-refractivity contribution is -0.145. The number of carbonyl (C=O) groups is 2. The van der Waals surface area contributed by atoms with Crippen LogP contribution in [0.25, 0.3) is 0 Å². The van der Waals surface area contributed by atoms with Gasteiger partial charge in [0.2, 0.25) is 0 Å². The second-order valence-corrected chi connectivity index (χ2v) is 9.01. The molecule has 2 amide bonds. The molecule has 2 N–H and O–H groups in total. The Hall–Kier alpha value is -0.370. The van der Waals surface area contributed by atoms with Crippen molar-refractivity contribution in [2.75, 3.05) is 32.0 Å². The molecule has 2 atom stereocenters. The molecule has 0 radical (unpaired) electrons. The molecule has 0 heterocycles. The highest BCUT2D eigenvalue weighted by atomic mass is 32.7. The first-order chi connectivity index (χ1) is 9.42. The Morgan fingerprint density at radius 2 is 2.00 bits per heavy atom. The molecule has 2 unspecified atom stereocenters. The van der Waals surface area contributed by atoms with Gasteiger partial charge < -0.3 is 14.6 Å². The minimum Gasteiger partial charge on any atom is -0.464 e. The zero-order valence-electron chi connectivity index (χ0n) is 12.0. The zero-order chi connectivity index (χ0) is 15.6. The van der Waals surface area contributed by atoms with Crippen LogP contribution in [0, 0.1) is 0 Å². The van der Waals surface area contributed by atoms with E-state index in [1.54, 1.807) is 24.9 Å². The summed E-state index contributed by atoms with van der Waals surface area (Å²) in [5, 5.41) is 4.69. The Morgan fingerprint density at radius 1 is 1.35 bits per heavy atom. The minimum atomic E-state index is -3.27. The smallest absolute Gasteiger partial charge is 0.354 e. The second kappa shape index (κ2) is 10.4. The van der Waals surface area contributed by atoms with Gasteiger partial charge in [0.15, 0.2) is 0 Å². The van der Waals surface area contributed by atoms with E-state index in [4.69, 9.17) is 9.26 Å². The largest absolute Gasteiger partial charge is 0.464 e. The molecular weight excluding hydrogens is 323 g/mol. The van der Waals surface area contributed by atoms with Crippen LogP contribution in [0.2, 0.25) is 0 Å². The van der Waals surface area contributed by atoms with Gasteiger partial charge in [0.1, 0.15) is 6.04 Å². The molecule has 118 valence electrons.